The number of thioether (sulfide) groups is 1. The van der Waals surface area contributed by atoms with Crippen molar-refractivity contribution in [1.29, 1.82) is 0 Å². The van der Waals surface area contributed by atoms with Crippen LogP contribution in [0.25, 0.3) is 0 Å². The van der Waals surface area contributed by atoms with Gasteiger partial charge in [-0.05, 0) is 25.0 Å². The standard InChI is InChI=1S/C13H17F2NO3S/c14-13(15)20-7-9-4-5-11(19-9)12(18)16-6-8-2-1-3-10(8)17/h4-5,8,10,13,17H,1-3,6-7H2,(H,16,18). The molecule has 0 aliphatic heterocycles. The quantitative estimate of drug-likeness (QED) is 0.848. The number of hydrogen-bond acceptors (Lipinski definition) is 4. The minimum absolute atomic E-state index is 0.0340. The molecule has 2 unspecified atom stereocenters. The number of rotatable bonds is 6. The van der Waals surface area contributed by atoms with E-state index in [2.05, 4.69) is 5.32 Å². The number of aliphatic hydroxyl groups is 1. The average molecular weight is 305 g/mol. The summed E-state index contributed by atoms with van der Waals surface area (Å²) in [6.07, 6.45) is 2.29. The summed E-state index contributed by atoms with van der Waals surface area (Å²) in [5.74, 6) is -2.25. The summed E-state index contributed by atoms with van der Waals surface area (Å²) in [4.78, 5) is 11.8. The van der Waals surface area contributed by atoms with E-state index in [1.807, 2.05) is 0 Å². The zero-order chi connectivity index (χ0) is 14.5. The van der Waals surface area contributed by atoms with Crippen molar-refractivity contribution in [2.45, 2.75) is 36.9 Å². The van der Waals surface area contributed by atoms with Crippen molar-refractivity contribution in [3.05, 3.63) is 23.7 Å². The van der Waals surface area contributed by atoms with Gasteiger partial charge in [0.15, 0.2) is 5.76 Å². The monoisotopic (exact) mass is 305 g/mol. The first kappa shape index (κ1) is 15.3. The van der Waals surface area contributed by atoms with Gasteiger partial charge in [-0.2, -0.15) is 8.78 Å². The number of carbonyl (C=O) groups excluding carboxylic acids is 1. The van der Waals surface area contributed by atoms with Gasteiger partial charge in [0.05, 0.1) is 11.9 Å². The maximum absolute atomic E-state index is 12.0. The maximum Gasteiger partial charge on any atom is 0.287 e. The second-order valence-electron chi connectivity index (χ2n) is 4.81. The van der Waals surface area contributed by atoms with Crippen molar-refractivity contribution in [2.24, 2.45) is 5.92 Å². The molecule has 7 heteroatoms. The highest BCUT2D eigenvalue weighted by Gasteiger charge is 2.25. The summed E-state index contributed by atoms with van der Waals surface area (Å²) in [6, 6.07) is 3.00. The van der Waals surface area contributed by atoms with E-state index < -0.39 is 5.76 Å². The van der Waals surface area contributed by atoms with Gasteiger partial charge in [0.25, 0.3) is 11.7 Å². The number of amides is 1. The van der Waals surface area contributed by atoms with Gasteiger partial charge in [-0.25, -0.2) is 0 Å². The molecule has 2 atom stereocenters. The summed E-state index contributed by atoms with van der Waals surface area (Å²) >= 11 is 0.452. The molecular weight excluding hydrogens is 288 g/mol. The van der Waals surface area contributed by atoms with E-state index in [0.29, 0.717) is 24.1 Å². The van der Waals surface area contributed by atoms with Crippen LogP contribution in [0.15, 0.2) is 16.5 Å². The van der Waals surface area contributed by atoms with Gasteiger partial charge in [-0.1, -0.05) is 18.2 Å². The Morgan fingerprint density at radius 1 is 1.50 bits per heavy atom. The third kappa shape index (κ3) is 4.21. The fraction of sp³-hybridized carbons (Fsp3) is 0.615. The lowest BCUT2D eigenvalue weighted by Gasteiger charge is -2.14. The molecule has 4 nitrogen and oxygen atoms in total. The van der Waals surface area contributed by atoms with Crippen molar-refractivity contribution < 1.29 is 23.1 Å². The number of carbonyl (C=O) groups is 1. The Kier molecular flexibility index (Phi) is 5.42. The fourth-order valence-corrected chi connectivity index (χ4v) is 2.73. The molecule has 1 aromatic rings. The van der Waals surface area contributed by atoms with E-state index in [-0.39, 0.29) is 29.4 Å². The molecule has 1 aliphatic rings. The Labute approximate surface area is 119 Å². The molecular formula is C13H17F2NO3S. The first-order valence-corrected chi connectivity index (χ1v) is 7.56. The summed E-state index contributed by atoms with van der Waals surface area (Å²) in [5, 5.41) is 12.4. The van der Waals surface area contributed by atoms with Crippen molar-refractivity contribution in [2.75, 3.05) is 6.54 Å². The Balaban J connectivity index is 1.80. The predicted octanol–water partition coefficient (Wildman–Crippen LogP) is 2.63. The summed E-state index contributed by atoms with van der Waals surface area (Å²) in [7, 11) is 0. The summed E-state index contributed by atoms with van der Waals surface area (Å²) in [5.41, 5.74) is 0. The molecule has 1 amide bonds. The lowest BCUT2D eigenvalue weighted by molar-refractivity contribution is 0.0889. The van der Waals surface area contributed by atoms with Gasteiger partial charge < -0.3 is 14.8 Å². The molecule has 1 saturated carbocycles. The molecule has 2 N–H and O–H groups in total. The molecule has 0 aromatic carbocycles. The SMILES string of the molecule is O=C(NCC1CCCC1O)c1ccc(CSC(F)F)o1. The minimum atomic E-state index is -2.46. The number of aliphatic hydroxyl groups excluding tert-OH is 1. The molecule has 0 radical (unpaired) electrons. The minimum Gasteiger partial charge on any atom is -0.455 e. The van der Waals surface area contributed by atoms with E-state index in [1.54, 1.807) is 0 Å². The lowest BCUT2D eigenvalue weighted by Crippen LogP contribution is -2.32. The number of furan rings is 1. The van der Waals surface area contributed by atoms with Gasteiger partial charge in [0.2, 0.25) is 0 Å². The van der Waals surface area contributed by atoms with E-state index in [1.165, 1.54) is 12.1 Å². The van der Waals surface area contributed by atoms with Crippen LogP contribution < -0.4 is 5.32 Å². The molecule has 1 heterocycles. The molecule has 2 rings (SSSR count). The first-order chi connectivity index (χ1) is 9.56. The second-order valence-corrected chi connectivity index (χ2v) is 5.78. The maximum atomic E-state index is 12.0. The smallest absolute Gasteiger partial charge is 0.287 e. The normalized spacial score (nSPS) is 22.4. The molecule has 112 valence electrons. The van der Waals surface area contributed by atoms with Gasteiger partial charge >= 0.3 is 0 Å². The van der Waals surface area contributed by atoms with Crippen LogP contribution in [0.4, 0.5) is 8.78 Å². The van der Waals surface area contributed by atoms with Crippen LogP contribution in [-0.4, -0.2) is 29.4 Å². The topological polar surface area (TPSA) is 62.5 Å². The Morgan fingerprint density at radius 3 is 2.95 bits per heavy atom. The Bertz CT molecular complexity index is 453. The van der Waals surface area contributed by atoms with E-state index in [9.17, 15) is 18.7 Å². The average Bonchev–Trinajstić information content (AvgIpc) is 3.02. The molecule has 1 aromatic heterocycles. The molecule has 0 spiro atoms. The third-order valence-corrected chi connectivity index (χ3v) is 4.08. The van der Waals surface area contributed by atoms with E-state index in [4.69, 9.17) is 4.42 Å². The predicted molar refractivity (Wildman–Crippen MR) is 71.7 cm³/mol. The first-order valence-electron chi connectivity index (χ1n) is 6.51. The summed E-state index contributed by atoms with van der Waals surface area (Å²) in [6.45, 7) is 0.405. The van der Waals surface area contributed by atoms with Gasteiger partial charge in [0.1, 0.15) is 5.76 Å². The van der Waals surface area contributed by atoms with Crippen LogP contribution in [-0.2, 0) is 5.75 Å². The molecule has 1 fully saturated rings. The number of alkyl halides is 2. The largest absolute Gasteiger partial charge is 0.455 e. The molecule has 0 bridgehead atoms. The molecule has 20 heavy (non-hydrogen) atoms. The second kappa shape index (κ2) is 7.08. The fourth-order valence-electron chi connectivity index (χ4n) is 2.29. The van der Waals surface area contributed by atoms with Crippen molar-refractivity contribution in [3.63, 3.8) is 0 Å². The van der Waals surface area contributed by atoms with Crippen molar-refractivity contribution in [3.8, 4) is 0 Å². The van der Waals surface area contributed by atoms with Crippen LogP contribution in [0, 0.1) is 5.92 Å². The van der Waals surface area contributed by atoms with E-state index >= 15 is 0 Å². The van der Waals surface area contributed by atoms with Gasteiger partial charge in [0, 0.05) is 12.5 Å². The zero-order valence-corrected chi connectivity index (χ0v) is 11.7. The Morgan fingerprint density at radius 2 is 2.30 bits per heavy atom. The number of hydrogen-bond donors (Lipinski definition) is 2. The van der Waals surface area contributed by atoms with Crippen LogP contribution in [0.1, 0.15) is 35.6 Å². The zero-order valence-electron chi connectivity index (χ0n) is 10.9. The van der Waals surface area contributed by atoms with Crippen molar-refractivity contribution >= 4 is 17.7 Å². The van der Waals surface area contributed by atoms with Gasteiger partial charge in [-0.3, -0.25) is 4.79 Å². The van der Waals surface area contributed by atoms with Gasteiger partial charge in [-0.15, -0.1) is 0 Å². The van der Waals surface area contributed by atoms with Crippen molar-refractivity contribution in [1.82, 2.24) is 5.32 Å². The van der Waals surface area contributed by atoms with Crippen LogP contribution >= 0.6 is 11.8 Å². The third-order valence-electron chi connectivity index (χ3n) is 3.38. The summed E-state index contributed by atoms with van der Waals surface area (Å²) < 4.78 is 29.3. The van der Waals surface area contributed by atoms with Crippen LogP contribution in [0.5, 0.6) is 0 Å². The highest BCUT2D eigenvalue weighted by Crippen LogP contribution is 2.25. The molecule has 1 aliphatic carbocycles. The van der Waals surface area contributed by atoms with Crippen LogP contribution in [0.3, 0.4) is 0 Å². The number of halogens is 2. The number of nitrogens with one attached hydrogen (secondary N) is 1. The van der Waals surface area contributed by atoms with E-state index in [0.717, 1.165) is 19.3 Å². The molecule has 0 saturated heterocycles. The Hall–Kier alpha value is -1.08. The lowest BCUT2D eigenvalue weighted by atomic mass is 10.1. The highest BCUT2D eigenvalue weighted by molar-refractivity contribution is 7.98. The highest BCUT2D eigenvalue weighted by atomic mass is 32.2. The van der Waals surface area contributed by atoms with Crippen LogP contribution in [0.2, 0.25) is 0 Å².